The molecule has 0 saturated heterocycles. The number of aryl methyl sites for hydroxylation is 1. The summed E-state index contributed by atoms with van der Waals surface area (Å²) in [4.78, 5) is 31.7. The van der Waals surface area contributed by atoms with Crippen LogP contribution in [0.5, 0.6) is 5.75 Å². The monoisotopic (exact) mass is 389 g/mol. The highest BCUT2D eigenvalue weighted by atomic mass is 35.5. The van der Waals surface area contributed by atoms with Gasteiger partial charge in [0.25, 0.3) is 5.56 Å². The fourth-order valence-corrected chi connectivity index (χ4v) is 3.87. The molecule has 0 N–H and O–H groups in total. The van der Waals surface area contributed by atoms with Crippen molar-refractivity contribution in [3.05, 3.63) is 44.1 Å². The summed E-state index contributed by atoms with van der Waals surface area (Å²) in [6, 6.07) is 5.53. The molecule has 27 heavy (non-hydrogen) atoms. The van der Waals surface area contributed by atoms with Crippen molar-refractivity contribution in [3.8, 4) is 5.75 Å². The van der Waals surface area contributed by atoms with Crippen LogP contribution in [0.1, 0.15) is 6.92 Å². The lowest BCUT2D eigenvalue weighted by Gasteiger charge is -2.33. The summed E-state index contributed by atoms with van der Waals surface area (Å²) >= 11 is 6.31. The Bertz CT molecular complexity index is 1180. The molecule has 9 heteroatoms. The lowest BCUT2D eigenvalue weighted by molar-refractivity contribution is 0.415. The maximum Gasteiger partial charge on any atom is 0.332 e. The van der Waals surface area contributed by atoms with Gasteiger partial charge < -0.3 is 14.2 Å². The fourth-order valence-electron chi connectivity index (χ4n) is 3.62. The first-order valence-corrected chi connectivity index (χ1v) is 8.98. The SMILES string of the molecule is COc1ccc(N2CC(C)Cn3c2nc2c3c(=O)n(C)c(=O)n2C)cc1Cl. The molecule has 8 nitrogen and oxygen atoms in total. The minimum atomic E-state index is -0.393. The van der Waals surface area contributed by atoms with Gasteiger partial charge in [-0.3, -0.25) is 13.9 Å². The number of ether oxygens (including phenoxy) is 1. The molecule has 3 heterocycles. The Kier molecular flexibility index (Phi) is 4.03. The fraction of sp³-hybridized carbons (Fsp3) is 0.389. The minimum absolute atomic E-state index is 0.276. The van der Waals surface area contributed by atoms with E-state index in [-0.39, 0.29) is 11.5 Å². The van der Waals surface area contributed by atoms with E-state index in [0.29, 0.717) is 34.4 Å². The smallest absolute Gasteiger partial charge is 0.332 e. The number of anilines is 2. The van der Waals surface area contributed by atoms with Crippen LogP contribution in [0, 0.1) is 5.92 Å². The van der Waals surface area contributed by atoms with Crippen molar-refractivity contribution in [1.82, 2.24) is 18.7 Å². The van der Waals surface area contributed by atoms with Crippen LogP contribution in [0.15, 0.2) is 27.8 Å². The normalized spacial score (nSPS) is 16.6. The van der Waals surface area contributed by atoms with Crippen LogP contribution in [0.2, 0.25) is 5.02 Å². The van der Waals surface area contributed by atoms with E-state index in [2.05, 4.69) is 11.9 Å². The van der Waals surface area contributed by atoms with Gasteiger partial charge in [-0.25, -0.2) is 4.79 Å². The number of aromatic nitrogens is 4. The summed E-state index contributed by atoms with van der Waals surface area (Å²) in [5.41, 5.74) is 0.942. The van der Waals surface area contributed by atoms with Gasteiger partial charge in [0.15, 0.2) is 11.2 Å². The van der Waals surface area contributed by atoms with Crippen LogP contribution < -0.4 is 20.9 Å². The first-order valence-electron chi connectivity index (χ1n) is 8.60. The highest BCUT2D eigenvalue weighted by Crippen LogP contribution is 2.36. The number of methoxy groups -OCH3 is 1. The Hall–Kier alpha value is -2.74. The molecular formula is C18H20ClN5O3. The lowest BCUT2D eigenvalue weighted by atomic mass is 10.1. The number of nitrogens with zero attached hydrogens (tertiary/aromatic N) is 5. The van der Waals surface area contributed by atoms with Crippen molar-refractivity contribution in [2.24, 2.45) is 20.0 Å². The highest BCUT2D eigenvalue weighted by molar-refractivity contribution is 6.32. The first kappa shape index (κ1) is 17.7. The molecule has 1 aliphatic rings. The molecule has 4 rings (SSSR count). The van der Waals surface area contributed by atoms with Crippen LogP contribution in [-0.2, 0) is 20.6 Å². The third kappa shape index (κ3) is 2.55. The number of rotatable bonds is 2. The summed E-state index contributed by atoms with van der Waals surface area (Å²) < 4.78 is 9.65. The van der Waals surface area contributed by atoms with Crippen molar-refractivity contribution in [2.45, 2.75) is 13.5 Å². The van der Waals surface area contributed by atoms with E-state index in [1.54, 1.807) is 20.2 Å². The van der Waals surface area contributed by atoms with E-state index >= 15 is 0 Å². The second kappa shape index (κ2) is 6.16. The number of halogens is 1. The quantitative estimate of drug-likeness (QED) is 0.669. The molecule has 0 saturated carbocycles. The Labute approximate surface area is 160 Å². The molecule has 2 aromatic heterocycles. The zero-order valence-electron chi connectivity index (χ0n) is 15.6. The van der Waals surface area contributed by atoms with Gasteiger partial charge in [0.2, 0.25) is 5.95 Å². The molecule has 0 aliphatic carbocycles. The summed E-state index contributed by atoms with van der Waals surface area (Å²) in [6.45, 7) is 3.49. The van der Waals surface area contributed by atoms with E-state index in [1.165, 1.54) is 11.6 Å². The van der Waals surface area contributed by atoms with E-state index in [9.17, 15) is 9.59 Å². The summed E-state index contributed by atoms with van der Waals surface area (Å²) in [7, 11) is 4.68. The highest BCUT2D eigenvalue weighted by Gasteiger charge is 2.29. The van der Waals surface area contributed by atoms with E-state index < -0.39 is 5.69 Å². The number of hydrogen-bond acceptors (Lipinski definition) is 5. The van der Waals surface area contributed by atoms with Gasteiger partial charge in [0, 0.05) is 32.9 Å². The molecule has 0 spiro atoms. The molecule has 0 fully saturated rings. The predicted molar refractivity (Wildman–Crippen MR) is 104 cm³/mol. The molecule has 0 radical (unpaired) electrons. The van der Waals surface area contributed by atoms with Crippen molar-refractivity contribution < 1.29 is 4.74 Å². The molecule has 1 unspecified atom stereocenters. The third-order valence-electron chi connectivity index (χ3n) is 5.00. The number of imidazole rings is 1. The topological polar surface area (TPSA) is 74.3 Å². The molecule has 0 amide bonds. The van der Waals surface area contributed by atoms with Crippen molar-refractivity contribution in [3.63, 3.8) is 0 Å². The van der Waals surface area contributed by atoms with E-state index in [4.69, 9.17) is 16.3 Å². The number of fused-ring (bicyclic) bond motifs is 3. The molecule has 142 valence electrons. The average Bonchev–Trinajstić information content (AvgIpc) is 3.03. The first-order chi connectivity index (χ1) is 12.8. The second-order valence-electron chi connectivity index (χ2n) is 6.94. The molecule has 3 aromatic rings. The van der Waals surface area contributed by atoms with E-state index in [0.717, 1.165) is 16.8 Å². The Morgan fingerprint density at radius 3 is 2.59 bits per heavy atom. The minimum Gasteiger partial charge on any atom is -0.495 e. The summed E-state index contributed by atoms with van der Waals surface area (Å²) in [5, 5.41) is 0.499. The maximum atomic E-state index is 12.8. The van der Waals surface area contributed by atoms with Gasteiger partial charge in [-0.05, 0) is 24.1 Å². The Morgan fingerprint density at radius 1 is 1.19 bits per heavy atom. The van der Waals surface area contributed by atoms with Crippen LogP contribution in [-0.4, -0.2) is 32.3 Å². The van der Waals surface area contributed by atoms with Crippen molar-refractivity contribution in [1.29, 1.82) is 0 Å². The van der Waals surface area contributed by atoms with Crippen LogP contribution in [0.4, 0.5) is 11.6 Å². The standard InChI is InChI=1S/C18H20ClN5O3/c1-10-8-23(11-5-6-13(27-4)12(19)7-11)17-20-15-14(24(17)9-10)16(25)22(3)18(26)21(15)2/h5-7,10H,8-9H2,1-4H3. The van der Waals surface area contributed by atoms with Gasteiger partial charge in [0.1, 0.15) is 5.75 Å². The zero-order chi connectivity index (χ0) is 19.5. The number of hydrogen-bond donors (Lipinski definition) is 0. The predicted octanol–water partition coefficient (Wildman–Crippen LogP) is 1.88. The third-order valence-corrected chi connectivity index (χ3v) is 5.30. The second-order valence-corrected chi connectivity index (χ2v) is 7.34. The van der Waals surface area contributed by atoms with Crippen LogP contribution in [0.25, 0.3) is 11.2 Å². The lowest BCUT2D eigenvalue weighted by Crippen LogP contribution is -2.38. The Balaban J connectivity index is 1.99. The molecule has 1 atom stereocenters. The van der Waals surface area contributed by atoms with Gasteiger partial charge in [0.05, 0.1) is 12.1 Å². The van der Waals surface area contributed by atoms with Gasteiger partial charge in [-0.1, -0.05) is 18.5 Å². The molecule has 0 bridgehead atoms. The largest absolute Gasteiger partial charge is 0.495 e. The summed E-state index contributed by atoms with van der Waals surface area (Å²) in [6.07, 6.45) is 0. The van der Waals surface area contributed by atoms with Gasteiger partial charge in [-0.15, -0.1) is 0 Å². The van der Waals surface area contributed by atoms with E-state index in [1.807, 2.05) is 21.6 Å². The molecule has 1 aliphatic heterocycles. The Morgan fingerprint density at radius 2 is 1.93 bits per heavy atom. The molecular weight excluding hydrogens is 370 g/mol. The van der Waals surface area contributed by atoms with Crippen molar-refractivity contribution in [2.75, 3.05) is 18.6 Å². The molecule has 1 aromatic carbocycles. The summed E-state index contributed by atoms with van der Waals surface area (Å²) in [5.74, 6) is 1.50. The maximum absolute atomic E-state index is 12.8. The zero-order valence-corrected chi connectivity index (χ0v) is 16.3. The number of benzene rings is 1. The average molecular weight is 390 g/mol. The van der Waals surface area contributed by atoms with Crippen LogP contribution in [0.3, 0.4) is 0 Å². The van der Waals surface area contributed by atoms with Crippen molar-refractivity contribution >= 4 is 34.4 Å². The van der Waals surface area contributed by atoms with Gasteiger partial charge in [-0.2, -0.15) is 4.98 Å². The van der Waals surface area contributed by atoms with Crippen LogP contribution >= 0.6 is 11.6 Å². The van der Waals surface area contributed by atoms with Gasteiger partial charge >= 0.3 is 5.69 Å².